The van der Waals surface area contributed by atoms with E-state index in [1.54, 1.807) is 0 Å². The summed E-state index contributed by atoms with van der Waals surface area (Å²) in [5.74, 6) is 1.79. The third-order valence-electron chi connectivity index (χ3n) is 3.70. The van der Waals surface area contributed by atoms with E-state index in [2.05, 4.69) is 20.8 Å². The highest BCUT2D eigenvalue weighted by Gasteiger charge is 2.28. The normalized spacial score (nSPS) is 23.0. The molecular weight excluding hydrogens is 160 g/mol. The molecule has 0 saturated heterocycles. The third kappa shape index (κ3) is 2.55. The molecule has 1 fully saturated rings. The van der Waals surface area contributed by atoms with Crippen LogP contribution >= 0.6 is 0 Å². The van der Waals surface area contributed by atoms with Gasteiger partial charge in [-0.2, -0.15) is 0 Å². The molecule has 0 spiro atoms. The first-order chi connectivity index (χ1) is 6.16. The van der Waals surface area contributed by atoms with Crippen LogP contribution in [0.4, 0.5) is 0 Å². The summed E-state index contributed by atoms with van der Waals surface area (Å²) >= 11 is 0. The second-order valence-corrected chi connectivity index (χ2v) is 4.56. The summed E-state index contributed by atoms with van der Waals surface area (Å²) in [5.41, 5.74) is 0. The first-order valence-electron chi connectivity index (χ1n) is 5.70. The molecule has 1 nitrogen and oxygen atoms in total. The molecule has 0 aliphatic heterocycles. The van der Waals surface area contributed by atoms with Crippen molar-refractivity contribution in [1.29, 1.82) is 0 Å². The first kappa shape index (κ1) is 10.7. The van der Waals surface area contributed by atoms with Crippen LogP contribution < -0.4 is 0 Å². The first-order valence-corrected chi connectivity index (χ1v) is 5.70. The number of ketones is 1. The zero-order valence-electron chi connectivity index (χ0n) is 9.18. The summed E-state index contributed by atoms with van der Waals surface area (Å²) in [5, 5.41) is 0. The Bertz CT molecular complexity index is 168. The van der Waals surface area contributed by atoms with Crippen molar-refractivity contribution in [3.63, 3.8) is 0 Å². The highest BCUT2D eigenvalue weighted by atomic mass is 16.1. The number of rotatable bonds is 4. The lowest BCUT2D eigenvalue weighted by molar-refractivity contribution is -0.127. The van der Waals surface area contributed by atoms with E-state index < -0.39 is 0 Å². The van der Waals surface area contributed by atoms with Crippen LogP contribution in [0.15, 0.2) is 0 Å². The molecular formula is C12H22O. The van der Waals surface area contributed by atoms with Gasteiger partial charge < -0.3 is 0 Å². The van der Waals surface area contributed by atoms with Crippen molar-refractivity contribution in [2.24, 2.45) is 17.8 Å². The molecule has 1 heteroatoms. The zero-order chi connectivity index (χ0) is 9.84. The molecule has 0 bridgehead atoms. The van der Waals surface area contributed by atoms with E-state index in [1.807, 2.05) is 0 Å². The monoisotopic (exact) mass is 182 g/mol. The van der Waals surface area contributed by atoms with Gasteiger partial charge in [-0.1, -0.05) is 40.0 Å². The number of hydrogen-bond acceptors (Lipinski definition) is 1. The van der Waals surface area contributed by atoms with Crippen molar-refractivity contribution in [3.05, 3.63) is 0 Å². The van der Waals surface area contributed by atoms with Crippen LogP contribution in [0.3, 0.4) is 0 Å². The maximum Gasteiger partial charge on any atom is 0.139 e. The second kappa shape index (κ2) is 4.78. The lowest BCUT2D eigenvalue weighted by Gasteiger charge is -2.20. The van der Waals surface area contributed by atoms with E-state index >= 15 is 0 Å². The molecule has 0 N–H and O–H groups in total. The van der Waals surface area contributed by atoms with Crippen LogP contribution in [0.25, 0.3) is 0 Å². The van der Waals surface area contributed by atoms with E-state index in [1.165, 1.54) is 12.8 Å². The number of Topliss-reactive ketones (excluding diaryl/α,β-unsaturated/α-hetero) is 1. The van der Waals surface area contributed by atoms with Gasteiger partial charge in [0.2, 0.25) is 0 Å². The zero-order valence-corrected chi connectivity index (χ0v) is 9.18. The molecule has 2 unspecified atom stereocenters. The summed E-state index contributed by atoms with van der Waals surface area (Å²) < 4.78 is 0. The summed E-state index contributed by atoms with van der Waals surface area (Å²) in [6.07, 6.45) is 5.96. The van der Waals surface area contributed by atoms with Crippen LogP contribution in [0, 0.1) is 17.8 Å². The quantitative estimate of drug-likeness (QED) is 0.651. The van der Waals surface area contributed by atoms with Crippen molar-refractivity contribution in [1.82, 2.24) is 0 Å². The Morgan fingerprint density at radius 3 is 2.31 bits per heavy atom. The largest absolute Gasteiger partial charge is 0.299 e. The Morgan fingerprint density at radius 1 is 1.31 bits per heavy atom. The van der Waals surface area contributed by atoms with Crippen molar-refractivity contribution in [2.45, 2.75) is 52.9 Å². The second-order valence-electron chi connectivity index (χ2n) is 4.56. The van der Waals surface area contributed by atoms with Crippen LogP contribution in [0.1, 0.15) is 52.9 Å². The van der Waals surface area contributed by atoms with Crippen molar-refractivity contribution < 1.29 is 4.79 Å². The maximum atomic E-state index is 11.9. The van der Waals surface area contributed by atoms with Gasteiger partial charge in [-0.05, 0) is 18.8 Å². The predicted molar refractivity (Wildman–Crippen MR) is 55.6 cm³/mol. The van der Waals surface area contributed by atoms with Crippen molar-refractivity contribution in [3.8, 4) is 0 Å². The molecule has 0 aromatic rings. The molecule has 76 valence electrons. The molecule has 1 aliphatic carbocycles. The van der Waals surface area contributed by atoms with E-state index in [-0.39, 0.29) is 5.92 Å². The Morgan fingerprint density at radius 2 is 1.85 bits per heavy atom. The molecule has 0 heterocycles. The Hall–Kier alpha value is -0.330. The molecule has 0 radical (unpaired) electrons. The highest BCUT2D eigenvalue weighted by molar-refractivity contribution is 5.83. The topological polar surface area (TPSA) is 17.1 Å². The van der Waals surface area contributed by atoms with Crippen LogP contribution in [-0.4, -0.2) is 5.78 Å². The minimum atomic E-state index is 0.285. The van der Waals surface area contributed by atoms with Gasteiger partial charge >= 0.3 is 0 Å². The molecule has 0 aromatic heterocycles. The molecule has 2 atom stereocenters. The SMILES string of the molecule is CCC(C)C(C)C(=O)C1CCCC1. The van der Waals surface area contributed by atoms with Gasteiger partial charge in [0.1, 0.15) is 5.78 Å². The van der Waals surface area contributed by atoms with Gasteiger partial charge in [0.05, 0.1) is 0 Å². The summed E-state index contributed by atoms with van der Waals surface area (Å²) in [6, 6.07) is 0. The minimum absolute atomic E-state index is 0.285. The number of hydrogen-bond donors (Lipinski definition) is 0. The van der Waals surface area contributed by atoms with E-state index in [9.17, 15) is 4.79 Å². The number of carbonyl (C=O) groups excluding carboxylic acids is 1. The molecule has 0 aromatic carbocycles. The summed E-state index contributed by atoms with van der Waals surface area (Å²) in [6.45, 7) is 6.47. The average Bonchev–Trinajstić information content (AvgIpc) is 2.67. The molecule has 13 heavy (non-hydrogen) atoms. The predicted octanol–water partition coefficient (Wildman–Crippen LogP) is 3.43. The van der Waals surface area contributed by atoms with E-state index in [0.29, 0.717) is 17.6 Å². The minimum Gasteiger partial charge on any atom is -0.299 e. The summed E-state index contributed by atoms with van der Waals surface area (Å²) in [7, 11) is 0. The van der Waals surface area contributed by atoms with Gasteiger partial charge in [-0.3, -0.25) is 4.79 Å². The summed E-state index contributed by atoms with van der Waals surface area (Å²) in [4.78, 5) is 11.9. The Balaban J connectivity index is 2.45. The smallest absolute Gasteiger partial charge is 0.139 e. The van der Waals surface area contributed by atoms with Gasteiger partial charge in [-0.15, -0.1) is 0 Å². The Labute approximate surface area is 81.9 Å². The van der Waals surface area contributed by atoms with Crippen LogP contribution in [-0.2, 0) is 4.79 Å². The lowest BCUT2D eigenvalue weighted by atomic mass is 9.83. The third-order valence-corrected chi connectivity index (χ3v) is 3.70. The standard InChI is InChI=1S/C12H22O/c1-4-9(2)10(3)12(13)11-7-5-6-8-11/h9-11H,4-8H2,1-3H3. The molecule has 1 rings (SSSR count). The lowest BCUT2D eigenvalue weighted by Crippen LogP contribution is -2.24. The number of carbonyl (C=O) groups is 1. The fourth-order valence-corrected chi connectivity index (χ4v) is 2.22. The highest BCUT2D eigenvalue weighted by Crippen LogP contribution is 2.30. The Kier molecular flexibility index (Phi) is 3.95. The van der Waals surface area contributed by atoms with Crippen LogP contribution in [0.2, 0.25) is 0 Å². The van der Waals surface area contributed by atoms with Crippen molar-refractivity contribution >= 4 is 5.78 Å². The van der Waals surface area contributed by atoms with E-state index in [0.717, 1.165) is 19.3 Å². The van der Waals surface area contributed by atoms with Crippen molar-refractivity contribution in [2.75, 3.05) is 0 Å². The van der Waals surface area contributed by atoms with E-state index in [4.69, 9.17) is 0 Å². The maximum absolute atomic E-state index is 11.9. The van der Waals surface area contributed by atoms with Crippen LogP contribution in [0.5, 0.6) is 0 Å². The molecule has 1 aliphatic rings. The van der Waals surface area contributed by atoms with Gasteiger partial charge in [0, 0.05) is 11.8 Å². The molecule has 0 amide bonds. The van der Waals surface area contributed by atoms with Gasteiger partial charge in [0.15, 0.2) is 0 Å². The fourth-order valence-electron chi connectivity index (χ4n) is 2.22. The average molecular weight is 182 g/mol. The van der Waals surface area contributed by atoms with Gasteiger partial charge in [-0.25, -0.2) is 0 Å². The molecule has 1 saturated carbocycles. The van der Waals surface area contributed by atoms with Gasteiger partial charge in [0.25, 0.3) is 0 Å². The fraction of sp³-hybridized carbons (Fsp3) is 0.917.